The number of anilines is 1. The molecular weight excluding hydrogens is 376 g/mol. The molecule has 7 nitrogen and oxygen atoms in total. The number of benzene rings is 2. The van der Waals surface area contributed by atoms with Crippen LogP contribution in [0.15, 0.2) is 73.3 Å². The minimum Gasteiger partial charge on any atom is -0.336 e. The maximum absolute atomic E-state index is 13.1. The lowest BCUT2D eigenvalue weighted by molar-refractivity contribution is 0.100. The van der Waals surface area contributed by atoms with Crippen LogP contribution in [0.5, 0.6) is 0 Å². The Kier molecular flexibility index (Phi) is 6.23. The minimum atomic E-state index is -3.58. The number of rotatable bonds is 9. The average molecular weight is 398 g/mol. The van der Waals surface area contributed by atoms with Crippen LogP contribution >= 0.6 is 0 Å². The van der Waals surface area contributed by atoms with Crippen LogP contribution in [0.3, 0.4) is 0 Å². The van der Waals surface area contributed by atoms with E-state index in [-0.39, 0.29) is 24.6 Å². The quantitative estimate of drug-likeness (QED) is 0.556. The van der Waals surface area contributed by atoms with E-state index in [1.807, 2.05) is 6.07 Å². The number of hydrogen-bond donors (Lipinski definition) is 1. The van der Waals surface area contributed by atoms with Gasteiger partial charge in [0.05, 0.1) is 30.9 Å². The SMILES string of the molecule is NCC(=O)c1ccc(CN(c2ccccc2)S(=O)(=O)CCn2ccnc2)cc1. The van der Waals surface area contributed by atoms with Gasteiger partial charge in [-0.1, -0.05) is 42.5 Å². The third kappa shape index (κ3) is 4.85. The van der Waals surface area contributed by atoms with Gasteiger partial charge in [-0.2, -0.15) is 0 Å². The van der Waals surface area contributed by atoms with Crippen molar-refractivity contribution in [3.8, 4) is 0 Å². The number of carbonyl (C=O) groups excluding carboxylic acids is 1. The summed E-state index contributed by atoms with van der Waals surface area (Å²) in [5.41, 5.74) is 7.27. The molecule has 0 radical (unpaired) electrons. The Bertz CT molecular complexity index is 1000. The van der Waals surface area contributed by atoms with E-state index >= 15 is 0 Å². The molecule has 0 unspecified atom stereocenters. The highest BCUT2D eigenvalue weighted by Crippen LogP contribution is 2.21. The summed E-state index contributed by atoms with van der Waals surface area (Å²) in [6.07, 6.45) is 4.94. The van der Waals surface area contributed by atoms with Gasteiger partial charge in [0.15, 0.2) is 5.78 Å². The Morgan fingerprint density at radius 2 is 1.79 bits per heavy atom. The van der Waals surface area contributed by atoms with Crippen molar-refractivity contribution in [3.05, 3.63) is 84.4 Å². The number of nitrogens with zero attached hydrogens (tertiary/aromatic N) is 3. The first-order valence-corrected chi connectivity index (χ1v) is 10.4. The molecule has 0 fully saturated rings. The molecule has 2 aromatic carbocycles. The van der Waals surface area contributed by atoms with Gasteiger partial charge in [0.2, 0.25) is 10.0 Å². The second-order valence-corrected chi connectivity index (χ2v) is 8.30. The van der Waals surface area contributed by atoms with Gasteiger partial charge >= 0.3 is 0 Å². The maximum atomic E-state index is 13.1. The highest BCUT2D eigenvalue weighted by molar-refractivity contribution is 7.92. The molecule has 0 saturated carbocycles. The molecule has 0 spiro atoms. The monoisotopic (exact) mass is 398 g/mol. The fourth-order valence-corrected chi connectivity index (χ4v) is 4.22. The van der Waals surface area contributed by atoms with Crippen molar-refractivity contribution in [2.24, 2.45) is 5.73 Å². The van der Waals surface area contributed by atoms with Gasteiger partial charge in [0.25, 0.3) is 0 Å². The van der Waals surface area contributed by atoms with E-state index in [0.717, 1.165) is 5.56 Å². The van der Waals surface area contributed by atoms with Crippen molar-refractivity contribution in [1.29, 1.82) is 0 Å². The van der Waals surface area contributed by atoms with Crippen molar-refractivity contribution in [2.45, 2.75) is 13.1 Å². The predicted molar refractivity (Wildman–Crippen MR) is 108 cm³/mol. The van der Waals surface area contributed by atoms with Gasteiger partial charge in [-0.05, 0) is 17.7 Å². The van der Waals surface area contributed by atoms with Crippen LogP contribution in [0.4, 0.5) is 5.69 Å². The van der Waals surface area contributed by atoms with E-state index in [0.29, 0.717) is 17.8 Å². The van der Waals surface area contributed by atoms with Crippen molar-refractivity contribution in [1.82, 2.24) is 9.55 Å². The topological polar surface area (TPSA) is 98.3 Å². The summed E-state index contributed by atoms with van der Waals surface area (Å²) in [6, 6.07) is 15.8. The molecule has 28 heavy (non-hydrogen) atoms. The molecule has 1 aromatic heterocycles. The normalized spacial score (nSPS) is 11.3. The minimum absolute atomic E-state index is 0.0536. The fraction of sp³-hybridized carbons (Fsp3) is 0.200. The Morgan fingerprint density at radius 3 is 2.39 bits per heavy atom. The molecule has 0 bridgehead atoms. The lowest BCUT2D eigenvalue weighted by Gasteiger charge is -2.25. The predicted octanol–water partition coefficient (Wildman–Crippen LogP) is 2.06. The molecule has 0 aliphatic carbocycles. The van der Waals surface area contributed by atoms with Crippen LogP contribution in [0.25, 0.3) is 0 Å². The highest BCUT2D eigenvalue weighted by Gasteiger charge is 2.23. The molecular formula is C20H22N4O3S. The van der Waals surface area contributed by atoms with Gasteiger partial charge in [0, 0.05) is 24.5 Å². The van der Waals surface area contributed by atoms with Crippen molar-refractivity contribution in [3.63, 3.8) is 0 Å². The van der Waals surface area contributed by atoms with Crippen LogP contribution in [0, 0.1) is 0 Å². The van der Waals surface area contributed by atoms with E-state index in [9.17, 15) is 13.2 Å². The van der Waals surface area contributed by atoms with E-state index in [1.54, 1.807) is 71.8 Å². The van der Waals surface area contributed by atoms with Gasteiger partial charge in [-0.15, -0.1) is 0 Å². The fourth-order valence-electron chi connectivity index (χ4n) is 2.77. The van der Waals surface area contributed by atoms with E-state index in [4.69, 9.17) is 5.73 Å². The summed E-state index contributed by atoms with van der Waals surface area (Å²) >= 11 is 0. The largest absolute Gasteiger partial charge is 0.336 e. The second kappa shape index (κ2) is 8.81. The third-order valence-corrected chi connectivity index (χ3v) is 6.04. The van der Waals surface area contributed by atoms with Crippen LogP contribution in [0.2, 0.25) is 0 Å². The number of carbonyl (C=O) groups is 1. The van der Waals surface area contributed by atoms with Crippen molar-refractivity contribution < 1.29 is 13.2 Å². The summed E-state index contributed by atoms with van der Waals surface area (Å²) < 4.78 is 29.3. The van der Waals surface area contributed by atoms with Crippen LogP contribution in [0.1, 0.15) is 15.9 Å². The van der Waals surface area contributed by atoms with E-state index in [2.05, 4.69) is 4.98 Å². The lowest BCUT2D eigenvalue weighted by Crippen LogP contribution is -2.33. The van der Waals surface area contributed by atoms with Crippen LogP contribution < -0.4 is 10.0 Å². The van der Waals surface area contributed by atoms with E-state index < -0.39 is 10.0 Å². The molecule has 0 amide bonds. The number of Topliss-reactive ketones (excluding diaryl/α,β-unsaturated/α-hetero) is 1. The van der Waals surface area contributed by atoms with Gasteiger partial charge in [-0.25, -0.2) is 13.4 Å². The molecule has 2 N–H and O–H groups in total. The first-order valence-electron chi connectivity index (χ1n) is 8.83. The first-order chi connectivity index (χ1) is 13.5. The highest BCUT2D eigenvalue weighted by atomic mass is 32.2. The number of ketones is 1. The molecule has 3 rings (SSSR count). The summed E-state index contributed by atoms with van der Waals surface area (Å²) in [5, 5.41) is 0. The lowest BCUT2D eigenvalue weighted by atomic mass is 10.1. The molecule has 0 aliphatic heterocycles. The Balaban J connectivity index is 1.84. The Labute approximate surface area is 164 Å². The van der Waals surface area contributed by atoms with Gasteiger partial charge in [0.1, 0.15) is 0 Å². The van der Waals surface area contributed by atoms with Gasteiger partial charge < -0.3 is 10.3 Å². The molecule has 0 aliphatic rings. The number of sulfonamides is 1. The van der Waals surface area contributed by atoms with Crippen molar-refractivity contribution in [2.75, 3.05) is 16.6 Å². The average Bonchev–Trinajstić information content (AvgIpc) is 3.25. The Hall–Kier alpha value is -2.97. The van der Waals surface area contributed by atoms with Gasteiger partial charge in [-0.3, -0.25) is 9.10 Å². The number of para-hydroxylation sites is 1. The molecule has 3 aromatic rings. The summed E-state index contributed by atoms with van der Waals surface area (Å²) in [7, 11) is -3.58. The summed E-state index contributed by atoms with van der Waals surface area (Å²) in [4.78, 5) is 15.6. The molecule has 0 saturated heterocycles. The maximum Gasteiger partial charge on any atom is 0.237 e. The number of hydrogen-bond acceptors (Lipinski definition) is 5. The zero-order valence-corrected chi connectivity index (χ0v) is 16.1. The number of aryl methyl sites for hydroxylation is 1. The molecule has 1 heterocycles. The zero-order valence-electron chi connectivity index (χ0n) is 15.3. The molecule has 146 valence electrons. The number of aromatic nitrogens is 2. The summed E-state index contributed by atoms with van der Waals surface area (Å²) in [6.45, 7) is 0.432. The van der Waals surface area contributed by atoms with Crippen molar-refractivity contribution >= 4 is 21.5 Å². The molecule has 0 atom stereocenters. The third-order valence-electron chi connectivity index (χ3n) is 4.33. The van der Waals surface area contributed by atoms with Crippen LogP contribution in [-0.4, -0.2) is 36.0 Å². The molecule has 8 heteroatoms. The first kappa shape index (κ1) is 19.8. The smallest absolute Gasteiger partial charge is 0.237 e. The zero-order chi connectivity index (χ0) is 20.0. The summed E-state index contributed by atoms with van der Waals surface area (Å²) in [5.74, 6) is -0.207. The second-order valence-electron chi connectivity index (χ2n) is 6.28. The number of nitrogens with two attached hydrogens (primary N) is 1. The van der Waals surface area contributed by atoms with Crippen LogP contribution in [-0.2, 0) is 23.1 Å². The standard InChI is InChI=1S/C20H22N4O3S/c21-14-20(25)18-8-6-17(7-9-18)15-24(19-4-2-1-3-5-19)28(26,27)13-12-23-11-10-22-16-23/h1-11,16H,12-15,21H2. The van der Waals surface area contributed by atoms with E-state index in [1.165, 1.54) is 4.31 Å². The number of imidazole rings is 1. The Morgan fingerprint density at radius 1 is 1.07 bits per heavy atom.